The highest BCUT2D eigenvalue weighted by atomic mass is 35.5. The van der Waals surface area contributed by atoms with Crippen LogP contribution in [-0.2, 0) is 9.53 Å². The van der Waals surface area contributed by atoms with E-state index in [1.807, 2.05) is 0 Å². The van der Waals surface area contributed by atoms with Crippen molar-refractivity contribution in [3.8, 4) is 0 Å². The molecule has 0 aromatic rings. The van der Waals surface area contributed by atoms with Crippen molar-refractivity contribution in [2.45, 2.75) is 68.2 Å². The zero-order valence-electron chi connectivity index (χ0n) is 11.8. The molecule has 2 aliphatic rings. The Morgan fingerprint density at radius 1 is 1.47 bits per heavy atom. The zero-order valence-corrected chi connectivity index (χ0v) is 13.3. The average molecular weight is 307 g/mol. The summed E-state index contributed by atoms with van der Waals surface area (Å²) < 4.78 is 5.37. The van der Waals surface area contributed by atoms with Gasteiger partial charge in [0.2, 0.25) is 0 Å². The molecule has 2 rings (SSSR count). The number of hydrogen-bond donors (Lipinski definition) is 0. The van der Waals surface area contributed by atoms with Crippen molar-refractivity contribution < 1.29 is 9.53 Å². The van der Waals surface area contributed by atoms with Crippen LogP contribution in [0.25, 0.3) is 0 Å². The fraction of sp³-hybridized carbons (Fsp3) is 0.933. The van der Waals surface area contributed by atoms with Crippen LogP contribution in [-0.4, -0.2) is 29.2 Å². The maximum Gasteiger partial charge on any atom is 0.139 e. The number of fused-ring (bicyclic) bond motifs is 1. The maximum atomic E-state index is 11.7. The van der Waals surface area contributed by atoms with Crippen LogP contribution < -0.4 is 0 Å². The largest absolute Gasteiger partial charge is 0.381 e. The number of ether oxygens (including phenoxy) is 1. The SMILES string of the molecule is CCC(CCCCC1CC(Cl)C2(Cl)CC(=O)C12)OC. The molecular weight excluding hydrogens is 283 g/mol. The topological polar surface area (TPSA) is 26.3 Å². The van der Waals surface area contributed by atoms with E-state index in [1.54, 1.807) is 7.11 Å². The number of carbonyl (C=O) groups is 1. The maximum absolute atomic E-state index is 11.7. The van der Waals surface area contributed by atoms with E-state index in [0.717, 1.165) is 38.5 Å². The molecule has 4 heteroatoms. The molecule has 0 spiro atoms. The molecule has 0 aromatic carbocycles. The summed E-state index contributed by atoms with van der Waals surface area (Å²) in [5.41, 5.74) is 0. The van der Waals surface area contributed by atoms with Gasteiger partial charge in [-0.05, 0) is 31.6 Å². The third-order valence-electron chi connectivity index (χ3n) is 4.95. The highest BCUT2D eigenvalue weighted by molar-refractivity contribution is 6.37. The van der Waals surface area contributed by atoms with E-state index in [-0.39, 0.29) is 11.3 Å². The van der Waals surface area contributed by atoms with E-state index in [0.29, 0.717) is 24.2 Å². The molecule has 110 valence electrons. The summed E-state index contributed by atoms with van der Waals surface area (Å²) in [5, 5.41) is -0.0239. The summed E-state index contributed by atoms with van der Waals surface area (Å²) >= 11 is 12.8. The summed E-state index contributed by atoms with van der Waals surface area (Å²) in [6, 6.07) is 0. The predicted molar refractivity (Wildman–Crippen MR) is 79.0 cm³/mol. The first-order chi connectivity index (χ1) is 9.02. The fourth-order valence-electron chi connectivity index (χ4n) is 3.73. The Morgan fingerprint density at radius 3 is 2.79 bits per heavy atom. The Kier molecular flexibility index (Phi) is 5.19. The molecule has 5 atom stereocenters. The van der Waals surface area contributed by atoms with Crippen LogP contribution in [0.1, 0.15) is 51.9 Å². The number of unbranched alkanes of at least 4 members (excludes halogenated alkanes) is 1. The monoisotopic (exact) mass is 306 g/mol. The molecule has 0 amide bonds. The van der Waals surface area contributed by atoms with Crippen LogP contribution in [0.2, 0.25) is 0 Å². The van der Waals surface area contributed by atoms with Crippen molar-refractivity contribution >= 4 is 29.0 Å². The third kappa shape index (κ3) is 2.96. The number of carbonyl (C=O) groups excluding carboxylic acids is 1. The summed E-state index contributed by atoms with van der Waals surface area (Å²) in [7, 11) is 1.78. The smallest absolute Gasteiger partial charge is 0.139 e. The van der Waals surface area contributed by atoms with Gasteiger partial charge in [0.1, 0.15) is 5.78 Å². The third-order valence-corrected chi connectivity index (χ3v) is 6.26. The summed E-state index contributed by atoms with van der Waals surface area (Å²) in [6.07, 6.45) is 7.31. The minimum absolute atomic E-state index is 0.0239. The molecule has 0 radical (unpaired) electrons. The molecule has 0 N–H and O–H groups in total. The van der Waals surface area contributed by atoms with Gasteiger partial charge in [-0.2, -0.15) is 0 Å². The van der Waals surface area contributed by atoms with Crippen LogP contribution in [0.4, 0.5) is 0 Å². The first-order valence-electron chi connectivity index (χ1n) is 7.41. The Balaban J connectivity index is 1.74. The van der Waals surface area contributed by atoms with Gasteiger partial charge in [0.05, 0.1) is 16.4 Å². The van der Waals surface area contributed by atoms with Gasteiger partial charge in [0.25, 0.3) is 0 Å². The number of Topliss-reactive ketones (excluding diaryl/α,β-unsaturated/α-hetero) is 1. The van der Waals surface area contributed by atoms with Gasteiger partial charge in [-0.1, -0.05) is 19.8 Å². The molecule has 0 aromatic heterocycles. The summed E-state index contributed by atoms with van der Waals surface area (Å²) in [4.78, 5) is 11.3. The lowest BCUT2D eigenvalue weighted by molar-refractivity contribution is -0.132. The number of halogens is 2. The number of hydrogen-bond acceptors (Lipinski definition) is 2. The van der Waals surface area contributed by atoms with E-state index in [1.165, 1.54) is 0 Å². The lowest BCUT2D eigenvalue weighted by Gasteiger charge is -2.41. The lowest BCUT2D eigenvalue weighted by Crippen LogP contribution is -2.52. The molecule has 0 bridgehead atoms. The highest BCUT2D eigenvalue weighted by Gasteiger charge is 2.63. The van der Waals surface area contributed by atoms with E-state index in [9.17, 15) is 4.79 Å². The van der Waals surface area contributed by atoms with Crippen LogP contribution in [0, 0.1) is 11.8 Å². The quantitative estimate of drug-likeness (QED) is 0.521. The Labute approximate surface area is 126 Å². The van der Waals surface area contributed by atoms with Crippen molar-refractivity contribution in [2.24, 2.45) is 11.8 Å². The standard InChI is InChI=1S/C15H24Cl2O2/c1-3-11(19-2)7-5-4-6-10-8-13(16)15(17)9-12(18)14(10)15/h10-11,13-14H,3-9H2,1-2H3. The molecular formula is C15H24Cl2O2. The number of rotatable bonds is 7. The molecule has 0 saturated heterocycles. The van der Waals surface area contributed by atoms with Gasteiger partial charge in [-0.3, -0.25) is 4.79 Å². The van der Waals surface area contributed by atoms with Gasteiger partial charge in [0.15, 0.2) is 0 Å². The van der Waals surface area contributed by atoms with E-state index in [4.69, 9.17) is 27.9 Å². The Hall–Kier alpha value is 0.210. The molecule has 0 aliphatic heterocycles. The van der Waals surface area contributed by atoms with Crippen LogP contribution >= 0.6 is 23.2 Å². The molecule has 2 saturated carbocycles. The van der Waals surface area contributed by atoms with Gasteiger partial charge in [-0.25, -0.2) is 0 Å². The van der Waals surface area contributed by atoms with E-state index < -0.39 is 4.87 Å². The van der Waals surface area contributed by atoms with Crippen molar-refractivity contribution in [1.29, 1.82) is 0 Å². The molecule has 5 unspecified atom stereocenters. The second-order valence-electron chi connectivity index (χ2n) is 6.06. The van der Waals surface area contributed by atoms with Crippen molar-refractivity contribution in [1.82, 2.24) is 0 Å². The first-order valence-corrected chi connectivity index (χ1v) is 8.22. The van der Waals surface area contributed by atoms with E-state index >= 15 is 0 Å². The average Bonchev–Trinajstić information content (AvgIpc) is 2.56. The van der Waals surface area contributed by atoms with Crippen molar-refractivity contribution in [3.05, 3.63) is 0 Å². The second-order valence-corrected chi connectivity index (χ2v) is 7.29. The Bertz CT molecular complexity index is 330. The molecule has 2 fully saturated rings. The minimum Gasteiger partial charge on any atom is -0.381 e. The van der Waals surface area contributed by atoms with Crippen molar-refractivity contribution in [2.75, 3.05) is 7.11 Å². The zero-order chi connectivity index (χ0) is 14.0. The molecule has 2 aliphatic carbocycles. The van der Waals surface area contributed by atoms with Crippen LogP contribution in [0.5, 0.6) is 0 Å². The number of ketones is 1. The molecule has 0 heterocycles. The molecule has 19 heavy (non-hydrogen) atoms. The normalized spacial score (nSPS) is 38.9. The predicted octanol–water partition coefficient (Wildman–Crippen LogP) is 4.17. The second kappa shape index (κ2) is 6.32. The first kappa shape index (κ1) is 15.6. The van der Waals surface area contributed by atoms with Gasteiger partial charge in [-0.15, -0.1) is 23.2 Å². The van der Waals surface area contributed by atoms with Crippen LogP contribution in [0.3, 0.4) is 0 Å². The van der Waals surface area contributed by atoms with Gasteiger partial charge >= 0.3 is 0 Å². The number of methoxy groups -OCH3 is 1. The van der Waals surface area contributed by atoms with E-state index in [2.05, 4.69) is 6.92 Å². The van der Waals surface area contributed by atoms with Gasteiger partial charge in [0, 0.05) is 19.4 Å². The number of alkyl halides is 2. The summed E-state index contributed by atoms with van der Waals surface area (Å²) in [6.45, 7) is 2.15. The summed E-state index contributed by atoms with van der Waals surface area (Å²) in [5.74, 6) is 0.761. The Morgan fingerprint density at radius 2 is 2.21 bits per heavy atom. The van der Waals surface area contributed by atoms with Gasteiger partial charge < -0.3 is 4.74 Å². The minimum atomic E-state index is -0.415. The highest BCUT2D eigenvalue weighted by Crippen LogP contribution is 2.58. The lowest BCUT2D eigenvalue weighted by atomic mass is 9.69. The fourth-order valence-corrected chi connectivity index (χ4v) is 4.70. The molecule has 2 nitrogen and oxygen atoms in total. The van der Waals surface area contributed by atoms with Crippen LogP contribution in [0.15, 0.2) is 0 Å². The van der Waals surface area contributed by atoms with Crippen molar-refractivity contribution in [3.63, 3.8) is 0 Å².